The summed E-state index contributed by atoms with van der Waals surface area (Å²) in [6.07, 6.45) is 2.63. The van der Waals surface area contributed by atoms with E-state index in [0.29, 0.717) is 22.4 Å². The molecule has 3 rings (SSSR count). The Balaban J connectivity index is 1.84. The van der Waals surface area contributed by atoms with Crippen LogP contribution in [-0.4, -0.2) is 41.1 Å². The molecular formula is C24H27N5O2. The van der Waals surface area contributed by atoms with Gasteiger partial charge in [-0.1, -0.05) is 24.3 Å². The number of rotatable bonds is 7. The van der Waals surface area contributed by atoms with E-state index in [9.17, 15) is 9.59 Å². The summed E-state index contributed by atoms with van der Waals surface area (Å²) in [6.45, 7) is 4.61. The minimum Gasteiger partial charge on any atom is -0.348 e. The van der Waals surface area contributed by atoms with Gasteiger partial charge in [-0.2, -0.15) is 0 Å². The number of nitrogens with one attached hydrogen (secondary N) is 3. The fraction of sp³-hybridized carbons (Fsp3) is 0.250. The number of amides is 1. The minimum absolute atomic E-state index is 0.106. The van der Waals surface area contributed by atoms with Gasteiger partial charge >= 0.3 is 0 Å². The van der Waals surface area contributed by atoms with Crippen molar-refractivity contribution >= 4 is 12.1 Å². The summed E-state index contributed by atoms with van der Waals surface area (Å²) in [4.78, 5) is 34.4. The largest absolute Gasteiger partial charge is 0.348 e. The smallest absolute Gasteiger partial charge is 0.253 e. The Labute approximate surface area is 181 Å². The van der Waals surface area contributed by atoms with Gasteiger partial charge in [0.15, 0.2) is 0 Å². The summed E-state index contributed by atoms with van der Waals surface area (Å²) in [7, 11) is 4.03. The van der Waals surface area contributed by atoms with Gasteiger partial charge in [0.2, 0.25) is 0 Å². The molecule has 0 aliphatic heterocycles. The van der Waals surface area contributed by atoms with E-state index in [1.54, 1.807) is 6.07 Å². The summed E-state index contributed by atoms with van der Waals surface area (Å²) in [5.41, 5.74) is 5.39. The zero-order valence-corrected chi connectivity index (χ0v) is 18.2. The van der Waals surface area contributed by atoms with E-state index in [-0.39, 0.29) is 18.0 Å². The van der Waals surface area contributed by atoms with Crippen molar-refractivity contribution in [2.24, 2.45) is 0 Å². The number of aromatic amines is 1. The molecular weight excluding hydrogens is 390 g/mol. The van der Waals surface area contributed by atoms with Gasteiger partial charge in [0.25, 0.3) is 11.5 Å². The van der Waals surface area contributed by atoms with Crippen LogP contribution < -0.4 is 10.9 Å². The Morgan fingerprint density at radius 2 is 1.90 bits per heavy atom. The molecule has 1 aromatic carbocycles. The number of aryl methyl sites for hydroxylation is 2. The van der Waals surface area contributed by atoms with E-state index in [4.69, 9.17) is 5.41 Å². The fourth-order valence-electron chi connectivity index (χ4n) is 3.45. The van der Waals surface area contributed by atoms with Crippen molar-refractivity contribution in [2.75, 3.05) is 14.1 Å². The van der Waals surface area contributed by atoms with Crippen LogP contribution in [0.5, 0.6) is 0 Å². The topological polar surface area (TPSA) is 102 Å². The lowest BCUT2D eigenvalue weighted by Crippen LogP contribution is -2.28. The van der Waals surface area contributed by atoms with Gasteiger partial charge in [-0.05, 0) is 51.2 Å². The average molecular weight is 418 g/mol. The first-order valence-corrected chi connectivity index (χ1v) is 10.0. The van der Waals surface area contributed by atoms with Crippen LogP contribution in [0.4, 0.5) is 0 Å². The molecule has 0 aliphatic carbocycles. The molecule has 2 aromatic heterocycles. The van der Waals surface area contributed by atoms with Crippen LogP contribution in [0.3, 0.4) is 0 Å². The van der Waals surface area contributed by atoms with Crippen molar-refractivity contribution in [3.63, 3.8) is 0 Å². The second-order valence-corrected chi connectivity index (χ2v) is 7.86. The second-order valence-electron chi connectivity index (χ2n) is 7.86. The van der Waals surface area contributed by atoms with E-state index >= 15 is 0 Å². The lowest BCUT2D eigenvalue weighted by atomic mass is 10.0. The molecule has 3 N–H and O–H groups in total. The predicted octanol–water partition coefficient (Wildman–Crippen LogP) is 3.04. The Kier molecular flexibility index (Phi) is 6.77. The van der Waals surface area contributed by atoms with E-state index in [0.717, 1.165) is 29.6 Å². The fourth-order valence-corrected chi connectivity index (χ4v) is 3.45. The molecule has 160 valence electrons. The molecule has 0 unspecified atom stereocenters. The number of nitrogens with zero attached hydrogens (tertiary/aromatic N) is 2. The number of hydrogen-bond donors (Lipinski definition) is 3. The van der Waals surface area contributed by atoms with Gasteiger partial charge in [-0.15, -0.1) is 0 Å². The maximum absolute atomic E-state index is 12.9. The number of carbonyl (C=O) groups is 1. The Bertz CT molecular complexity index is 1160. The van der Waals surface area contributed by atoms with E-state index in [2.05, 4.69) is 20.2 Å². The van der Waals surface area contributed by atoms with Crippen molar-refractivity contribution in [3.05, 3.63) is 86.5 Å². The van der Waals surface area contributed by atoms with Crippen LogP contribution in [0.2, 0.25) is 0 Å². The third-order valence-corrected chi connectivity index (χ3v) is 5.00. The first-order valence-electron chi connectivity index (χ1n) is 10.0. The lowest BCUT2D eigenvalue weighted by molar-refractivity contribution is 0.0950. The number of carbonyl (C=O) groups excluding carboxylic acids is 1. The van der Waals surface area contributed by atoms with Crippen LogP contribution in [0.1, 0.15) is 38.3 Å². The highest BCUT2D eigenvalue weighted by atomic mass is 16.1. The molecule has 1 amide bonds. The predicted molar refractivity (Wildman–Crippen MR) is 123 cm³/mol. The van der Waals surface area contributed by atoms with Crippen molar-refractivity contribution in [1.29, 1.82) is 5.41 Å². The van der Waals surface area contributed by atoms with Gasteiger partial charge in [0.05, 0.1) is 11.3 Å². The number of hydrogen-bond acceptors (Lipinski definition) is 5. The Morgan fingerprint density at radius 3 is 2.52 bits per heavy atom. The molecule has 0 aliphatic rings. The highest BCUT2D eigenvalue weighted by Gasteiger charge is 2.14. The maximum atomic E-state index is 12.9. The van der Waals surface area contributed by atoms with Gasteiger partial charge in [0.1, 0.15) is 0 Å². The zero-order chi connectivity index (χ0) is 22.5. The molecule has 0 bridgehead atoms. The first kappa shape index (κ1) is 22.1. The molecule has 7 nitrogen and oxygen atoms in total. The molecule has 0 atom stereocenters. The van der Waals surface area contributed by atoms with Gasteiger partial charge in [0, 0.05) is 47.9 Å². The number of pyridine rings is 2. The SMILES string of the molecule is Cc1cc(C)c(CNC(=O)c2cc(-c3ccc(CN(C)C)cc3)ncc2C=N)c(=O)[nH]1. The summed E-state index contributed by atoms with van der Waals surface area (Å²) in [5, 5.41) is 10.4. The van der Waals surface area contributed by atoms with Crippen molar-refractivity contribution in [3.8, 4) is 11.3 Å². The molecule has 2 heterocycles. The highest BCUT2D eigenvalue weighted by molar-refractivity contribution is 6.02. The monoisotopic (exact) mass is 417 g/mol. The van der Waals surface area contributed by atoms with Crippen LogP contribution in [0.25, 0.3) is 11.3 Å². The summed E-state index contributed by atoms with van der Waals surface area (Å²) in [5.74, 6) is -0.356. The molecule has 31 heavy (non-hydrogen) atoms. The first-order chi connectivity index (χ1) is 14.8. The third kappa shape index (κ3) is 5.32. The van der Waals surface area contributed by atoms with Gasteiger partial charge < -0.3 is 20.6 Å². The summed E-state index contributed by atoms with van der Waals surface area (Å²) < 4.78 is 0. The molecule has 3 aromatic rings. The van der Waals surface area contributed by atoms with Crippen molar-refractivity contribution in [2.45, 2.75) is 26.9 Å². The van der Waals surface area contributed by atoms with E-state index < -0.39 is 0 Å². The second kappa shape index (κ2) is 9.49. The standard InChI is InChI=1S/C24H27N5O2/c1-15-9-16(2)28-24(31)21(15)13-27-23(30)20-10-22(26-12-19(20)11-25)18-7-5-17(6-8-18)14-29(3)4/h5-12,25H,13-14H2,1-4H3,(H,27,30)(H,28,31). The Hall–Kier alpha value is -3.58. The zero-order valence-electron chi connectivity index (χ0n) is 18.2. The lowest BCUT2D eigenvalue weighted by Gasteiger charge is -2.12. The van der Waals surface area contributed by atoms with Crippen LogP contribution in [0.15, 0.2) is 47.4 Å². The molecule has 0 spiro atoms. The molecule has 0 saturated carbocycles. The maximum Gasteiger partial charge on any atom is 0.253 e. The normalized spacial score (nSPS) is 10.9. The number of H-pyrrole nitrogens is 1. The molecule has 0 saturated heterocycles. The third-order valence-electron chi connectivity index (χ3n) is 5.00. The van der Waals surface area contributed by atoms with E-state index in [1.807, 2.05) is 58.3 Å². The molecule has 7 heteroatoms. The van der Waals surface area contributed by atoms with Crippen molar-refractivity contribution < 1.29 is 4.79 Å². The average Bonchev–Trinajstić information content (AvgIpc) is 2.72. The number of aromatic nitrogens is 2. The molecule has 0 radical (unpaired) electrons. The Morgan fingerprint density at radius 1 is 1.19 bits per heavy atom. The van der Waals surface area contributed by atoms with E-state index in [1.165, 1.54) is 11.8 Å². The summed E-state index contributed by atoms with van der Waals surface area (Å²) >= 11 is 0. The van der Waals surface area contributed by atoms with Crippen molar-refractivity contribution in [1.82, 2.24) is 20.2 Å². The van der Waals surface area contributed by atoms with Crippen LogP contribution in [-0.2, 0) is 13.1 Å². The van der Waals surface area contributed by atoms with Crippen LogP contribution >= 0.6 is 0 Å². The highest BCUT2D eigenvalue weighted by Crippen LogP contribution is 2.21. The number of benzene rings is 1. The van der Waals surface area contributed by atoms with Gasteiger partial charge in [-0.3, -0.25) is 14.6 Å². The molecule has 0 fully saturated rings. The quantitative estimate of drug-likeness (QED) is 0.514. The van der Waals surface area contributed by atoms with Gasteiger partial charge in [-0.25, -0.2) is 0 Å². The summed E-state index contributed by atoms with van der Waals surface area (Å²) in [6, 6.07) is 11.6. The van der Waals surface area contributed by atoms with Crippen LogP contribution in [0, 0.1) is 19.3 Å². The minimum atomic E-state index is -0.356.